The van der Waals surface area contributed by atoms with Gasteiger partial charge in [0.25, 0.3) is 5.91 Å². The van der Waals surface area contributed by atoms with Gasteiger partial charge in [-0.2, -0.15) is 0 Å². The molecular formula is C17H13N3O3S2. The molecule has 0 aliphatic carbocycles. The lowest BCUT2D eigenvalue weighted by Gasteiger charge is -2.28. The van der Waals surface area contributed by atoms with Gasteiger partial charge in [-0.25, -0.2) is 4.98 Å². The highest BCUT2D eigenvalue weighted by atomic mass is 32.1. The summed E-state index contributed by atoms with van der Waals surface area (Å²) in [5.41, 5.74) is 1.44. The van der Waals surface area contributed by atoms with Crippen molar-refractivity contribution in [2.45, 2.75) is 0 Å². The van der Waals surface area contributed by atoms with Crippen molar-refractivity contribution in [3.8, 4) is 16.3 Å². The first-order chi connectivity index (χ1) is 12.2. The minimum atomic E-state index is -0.294. The quantitative estimate of drug-likeness (QED) is 0.764. The summed E-state index contributed by atoms with van der Waals surface area (Å²) in [4.78, 5) is 31.4. The number of thiophene rings is 1. The lowest BCUT2D eigenvalue weighted by Crippen LogP contribution is -2.43. The smallest absolute Gasteiger partial charge is 0.265 e. The van der Waals surface area contributed by atoms with Crippen molar-refractivity contribution in [2.24, 2.45) is 0 Å². The van der Waals surface area contributed by atoms with Crippen LogP contribution in [0.5, 0.6) is 5.75 Å². The van der Waals surface area contributed by atoms with Crippen LogP contribution in [0.4, 0.5) is 10.8 Å². The van der Waals surface area contributed by atoms with E-state index in [1.807, 2.05) is 29.0 Å². The molecule has 0 radical (unpaired) electrons. The molecule has 1 aliphatic heterocycles. The zero-order valence-electron chi connectivity index (χ0n) is 13.0. The zero-order chi connectivity index (χ0) is 17.2. The largest absolute Gasteiger partial charge is 0.482 e. The second kappa shape index (κ2) is 6.66. The van der Waals surface area contributed by atoms with E-state index in [4.69, 9.17) is 4.74 Å². The molecule has 6 nitrogen and oxygen atoms in total. The SMILES string of the molecule is O=C(CN1C(=O)COc2ccccc21)Nc1nc(-c2cccs2)cs1. The molecule has 2 amide bonds. The molecule has 2 aromatic heterocycles. The Balaban J connectivity index is 1.47. The van der Waals surface area contributed by atoms with E-state index in [0.29, 0.717) is 16.6 Å². The van der Waals surface area contributed by atoms with Gasteiger partial charge in [-0.1, -0.05) is 18.2 Å². The number of ether oxygens (including phenoxy) is 1. The highest BCUT2D eigenvalue weighted by Crippen LogP contribution is 2.31. The molecule has 8 heteroatoms. The van der Waals surface area contributed by atoms with Gasteiger partial charge in [-0.05, 0) is 23.6 Å². The van der Waals surface area contributed by atoms with Crippen LogP contribution in [-0.2, 0) is 9.59 Å². The normalized spacial score (nSPS) is 13.3. The zero-order valence-corrected chi connectivity index (χ0v) is 14.6. The average molecular weight is 371 g/mol. The molecule has 4 rings (SSSR count). The molecule has 3 heterocycles. The number of aromatic nitrogens is 1. The molecule has 126 valence electrons. The van der Waals surface area contributed by atoms with E-state index >= 15 is 0 Å². The van der Waals surface area contributed by atoms with Gasteiger partial charge in [0.15, 0.2) is 11.7 Å². The molecule has 1 aromatic carbocycles. The van der Waals surface area contributed by atoms with Crippen LogP contribution < -0.4 is 15.0 Å². The first-order valence-corrected chi connectivity index (χ1v) is 9.28. The molecule has 25 heavy (non-hydrogen) atoms. The molecule has 0 bridgehead atoms. The first-order valence-electron chi connectivity index (χ1n) is 7.52. The van der Waals surface area contributed by atoms with Gasteiger partial charge in [0.1, 0.15) is 12.3 Å². The predicted octanol–water partition coefficient (Wildman–Crippen LogP) is 3.24. The Hall–Kier alpha value is -2.71. The number of nitrogens with one attached hydrogen (secondary N) is 1. The highest BCUT2D eigenvalue weighted by molar-refractivity contribution is 7.16. The van der Waals surface area contributed by atoms with Gasteiger partial charge >= 0.3 is 0 Å². The number of anilines is 2. The molecule has 0 fully saturated rings. The van der Waals surface area contributed by atoms with Crippen molar-refractivity contribution in [2.75, 3.05) is 23.4 Å². The summed E-state index contributed by atoms with van der Waals surface area (Å²) in [5, 5.41) is 7.16. The van der Waals surface area contributed by atoms with Gasteiger partial charge < -0.3 is 10.1 Å². The number of hydrogen-bond acceptors (Lipinski definition) is 6. The monoisotopic (exact) mass is 371 g/mol. The Morgan fingerprint density at radius 1 is 1.24 bits per heavy atom. The van der Waals surface area contributed by atoms with Crippen molar-refractivity contribution < 1.29 is 14.3 Å². The number of nitrogens with zero attached hydrogens (tertiary/aromatic N) is 2. The summed E-state index contributed by atoms with van der Waals surface area (Å²) in [6.45, 7) is -0.142. The third-order valence-electron chi connectivity index (χ3n) is 3.63. The van der Waals surface area contributed by atoms with E-state index in [1.165, 1.54) is 16.2 Å². The van der Waals surface area contributed by atoms with Crippen molar-refractivity contribution in [1.82, 2.24) is 4.98 Å². The fraction of sp³-hybridized carbons (Fsp3) is 0.118. The Morgan fingerprint density at radius 2 is 2.12 bits per heavy atom. The van der Waals surface area contributed by atoms with E-state index in [2.05, 4.69) is 10.3 Å². The van der Waals surface area contributed by atoms with Crippen LogP contribution in [-0.4, -0.2) is 29.9 Å². The lowest BCUT2D eigenvalue weighted by molar-refractivity contribution is -0.123. The minimum absolute atomic E-state index is 0.0654. The fourth-order valence-electron chi connectivity index (χ4n) is 2.50. The number of carbonyl (C=O) groups is 2. The van der Waals surface area contributed by atoms with Crippen LogP contribution in [0.2, 0.25) is 0 Å². The van der Waals surface area contributed by atoms with Crippen molar-refractivity contribution in [3.05, 3.63) is 47.2 Å². The van der Waals surface area contributed by atoms with E-state index in [1.54, 1.807) is 29.5 Å². The topological polar surface area (TPSA) is 71.5 Å². The molecule has 0 atom stereocenters. The second-order valence-electron chi connectivity index (χ2n) is 5.30. The van der Waals surface area contributed by atoms with E-state index < -0.39 is 0 Å². The third kappa shape index (κ3) is 3.26. The molecule has 0 spiro atoms. The molecule has 0 saturated carbocycles. The second-order valence-corrected chi connectivity index (χ2v) is 7.11. The van der Waals surface area contributed by atoms with Crippen molar-refractivity contribution in [1.29, 1.82) is 0 Å². The minimum Gasteiger partial charge on any atom is -0.482 e. The van der Waals surface area contributed by atoms with Crippen molar-refractivity contribution >= 4 is 45.3 Å². The molecule has 0 unspecified atom stereocenters. The molecule has 1 N–H and O–H groups in total. The maximum absolute atomic E-state index is 12.4. The Labute approximate surface area is 151 Å². The summed E-state index contributed by atoms with van der Waals surface area (Å²) in [6.07, 6.45) is 0. The highest BCUT2D eigenvalue weighted by Gasteiger charge is 2.27. The maximum atomic E-state index is 12.4. The number of hydrogen-bond donors (Lipinski definition) is 1. The van der Waals surface area contributed by atoms with Crippen LogP contribution in [0.1, 0.15) is 0 Å². The number of amides is 2. The molecule has 3 aromatic rings. The van der Waals surface area contributed by atoms with E-state index in [-0.39, 0.29) is 25.0 Å². The number of benzene rings is 1. The average Bonchev–Trinajstić information content (AvgIpc) is 3.29. The van der Waals surface area contributed by atoms with Gasteiger partial charge in [0, 0.05) is 5.38 Å². The standard InChI is InChI=1S/C17H13N3O3S2/c21-15(19-17-18-11(10-25-17)14-6-3-7-24-14)8-20-12-4-1-2-5-13(12)23-9-16(20)22/h1-7,10H,8-9H2,(H,18,19,21). The Bertz CT molecular complexity index is 921. The lowest BCUT2D eigenvalue weighted by atomic mass is 10.2. The van der Waals surface area contributed by atoms with E-state index in [9.17, 15) is 9.59 Å². The number of carbonyl (C=O) groups excluding carboxylic acids is 2. The van der Waals surface area contributed by atoms with Gasteiger partial charge in [0.05, 0.1) is 16.3 Å². The van der Waals surface area contributed by atoms with Crippen molar-refractivity contribution in [3.63, 3.8) is 0 Å². The summed E-state index contributed by atoms with van der Waals surface area (Å²) in [5.74, 6) is 0.0635. The van der Waals surface area contributed by atoms with E-state index in [0.717, 1.165) is 10.6 Å². The number of para-hydroxylation sites is 2. The molecule has 1 aliphatic rings. The summed E-state index contributed by atoms with van der Waals surface area (Å²) >= 11 is 2.95. The van der Waals surface area contributed by atoms with Crippen LogP contribution in [0.3, 0.4) is 0 Å². The summed E-state index contributed by atoms with van der Waals surface area (Å²) < 4.78 is 5.38. The fourth-order valence-corrected chi connectivity index (χ4v) is 3.99. The van der Waals surface area contributed by atoms with Gasteiger partial charge in [-0.3, -0.25) is 14.5 Å². The maximum Gasteiger partial charge on any atom is 0.265 e. The third-order valence-corrected chi connectivity index (χ3v) is 5.28. The molecule has 0 saturated heterocycles. The summed E-state index contributed by atoms with van der Waals surface area (Å²) in [7, 11) is 0. The Kier molecular flexibility index (Phi) is 4.21. The van der Waals surface area contributed by atoms with Crippen LogP contribution in [0.15, 0.2) is 47.2 Å². The number of rotatable bonds is 4. The summed E-state index contributed by atoms with van der Waals surface area (Å²) in [6, 6.07) is 11.1. The molecular weight excluding hydrogens is 358 g/mol. The first kappa shape index (κ1) is 15.8. The Morgan fingerprint density at radius 3 is 2.96 bits per heavy atom. The number of thiazole rings is 1. The van der Waals surface area contributed by atoms with Gasteiger partial charge in [-0.15, -0.1) is 22.7 Å². The predicted molar refractivity (Wildman–Crippen MR) is 98.3 cm³/mol. The number of fused-ring (bicyclic) bond motifs is 1. The van der Waals surface area contributed by atoms with Crippen LogP contribution >= 0.6 is 22.7 Å². The van der Waals surface area contributed by atoms with Crippen LogP contribution in [0.25, 0.3) is 10.6 Å². The van der Waals surface area contributed by atoms with Gasteiger partial charge in [0.2, 0.25) is 5.91 Å². The van der Waals surface area contributed by atoms with Crippen LogP contribution in [0, 0.1) is 0 Å².